The molecule has 0 aliphatic rings. The molecule has 0 bridgehead atoms. The largest absolute Gasteiger partial charge is 0.497 e. The van der Waals surface area contributed by atoms with Crippen LogP contribution in [0.1, 0.15) is 30.5 Å². The molecule has 0 saturated heterocycles. The maximum atomic E-state index is 6.52. The van der Waals surface area contributed by atoms with Crippen LogP contribution in [0, 0.1) is 0 Å². The van der Waals surface area contributed by atoms with Crippen molar-refractivity contribution in [1.82, 2.24) is 0 Å². The average molecular weight is 255 g/mol. The summed E-state index contributed by atoms with van der Waals surface area (Å²) in [4.78, 5) is 0. The summed E-state index contributed by atoms with van der Waals surface area (Å²) in [6, 6.07) is 16.4. The maximum absolute atomic E-state index is 6.52. The summed E-state index contributed by atoms with van der Waals surface area (Å²) >= 11 is 0. The quantitative estimate of drug-likeness (QED) is 0.907. The Labute approximate surface area is 115 Å². The van der Waals surface area contributed by atoms with Gasteiger partial charge in [-0.1, -0.05) is 43.3 Å². The summed E-state index contributed by atoms with van der Waals surface area (Å²) in [6.07, 6.45) is 1.04. The average Bonchev–Trinajstić information content (AvgIpc) is 2.47. The van der Waals surface area contributed by atoms with Crippen LogP contribution in [0.4, 0.5) is 0 Å². The van der Waals surface area contributed by atoms with Gasteiger partial charge in [0.15, 0.2) is 0 Å². The van der Waals surface area contributed by atoms with Gasteiger partial charge in [0.1, 0.15) is 5.75 Å². The standard InChI is InChI=1S/C17H21NO/c1-4-13-8-10-14(11-9-13)17(2,18)15-6-5-7-16(12-15)19-3/h5-12H,4,18H2,1-3H3. The van der Waals surface area contributed by atoms with E-state index < -0.39 is 5.54 Å². The minimum atomic E-state index is -0.513. The van der Waals surface area contributed by atoms with Crippen LogP contribution in [-0.4, -0.2) is 7.11 Å². The summed E-state index contributed by atoms with van der Waals surface area (Å²) in [5, 5.41) is 0. The number of aryl methyl sites for hydroxylation is 1. The van der Waals surface area contributed by atoms with Gasteiger partial charge in [0, 0.05) is 0 Å². The Bertz CT molecular complexity index is 543. The summed E-state index contributed by atoms with van der Waals surface area (Å²) in [6.45, 7) is 4.18. The minimum absolute atomic E-state index is 0.513. The minimum Gasteiger partial charge on any atom is -0.497 e. The van der Waals surface area contributed by atoms with Gasteiger partial charge < -0.3 is 10.5 Å². The van der Waals surface area contributed by atoms with Gasteiger partial charge in [0.2, 0.25) is 0 Å². The van der Waals surface area contributed by atoms with Crippen molar-refractivity contribution < 1.29 is 4.74 Å². The van der Waals surface area contributed by atoms with E-state index in [9.17, 15) is 0 Å². The predicted octanol–water partition coefficient (Wildman–Crippen LogP) is 3.48. The van der Waals surface area contributed by atoms with Crippen LogP contribution in [0.5, 0.6) is 5.75 Å². The van der Waals surface area contributed by atoms with E-state index in [0.29, 0.717) is 0 Å². The number of hydrogen-bond donors (Lipinski definition) is 1. The van der Waals surface area contributed by atoms with Gasteiger partial charge in [-0.2, -0.15) is 0 Å². The van der Waals surface area contributed by atoms with E-state index in [0.717, 1.165) is 23.3 Å². The first kappa shape index (κ1) is 13.6. The Balaban J connectivity index is 2.38. The molecule has 0 fully saturated rings. The third kappa shape index (κ3) is 2.79. The first-order valence-electron chi connectivity index (χ1n) is 6.60. The van der Waals surface area contributed by atoms with Crippen LogP contribution in [0.15, 0.2) is 48.5 Å². The van der Waals surface area contributed by atoms with Crippen molar-refractivity contribution in [2.45, 2.75) is 25.8 Å². The number of hydrogen-bond acceptors (Lipinski definition) is 2. The number of benzene rings is 2. The first-order valence-corrected chi connectivity index (χ1v) is 6.60. The zero-order chi connectivity index (χ0) is 13.9. The molecule has 0 radical (unpaired) electrons. The van der Waals surface area contributed by atoms with Crippen LogP contribution in [0.3, 0.4) is 0 Å². The van der Waals surface area contributed by atoms with E-state index in [1.807, 2.05) is 31.2 Å². The predicted molar refractivity (Wildman–Crippen MR) is 79.5 cm³/mol. The van der Waals surface area contributed by atoms with Gasteiger partial charge in [-0.15, -0.1) is 0 Å². The van der Waals surface area contributed by atoms with E-state index in [1.165, 1.54) is 5.56 Å². The van der Waals surface area contributed by atoms with Crippen LogP contribution >= 0.6 is 0 Å². The Morgan fingerprint density at radius 3 is 2.32 bits per heavy atom. The maximum Gasteiger partial charge on any atom is 0.119 e. The van der Waals surface area contributed by atoms with Crippen molar-refractivity contribution in [3.8, 4) is 5.75 Å². The number of rotatable bonds is 4. The molecular formula is C17H21NO. The number of methoxy groups -OCH3 is 1. The zero-order valence-electron chi connectivity index (χ0n) is 11.8. The molecule has 0 spiro atoms. The molecule has 2 rings (SSSR count). The van der Waals surface area contributed by atoms with E-state index >= 15 is 0 Å². The van der Waals surface area contributed by atoms with Crippen molar-refractivity contribution in [3.63, 3.8) is 0 Å². The summed E-state index contributed by atoms with van der Waals surface area (Å²) in [5.41, 5.74) is 9.49. The highest BCUT2D eigenvalue weighted by molar-refractivity contribution is 5.41. The van der Waals surface area contributed by atoms with Crippen LogP contribution in [0.25, 0.3) is 0 Å². The summed E-state index contributed by atoms with van der Waals surface area (Å²) < 4.78 is 5.27. The Kier molecular flexibility index (Phi) is 3.91. The molecule has 0 aromatic heterocycles. The number of ether oxygens (including phenoxy) is 1. The molecule has 0 aliphatic heterocycles. The van der Waals surface area contributed by atoms with Gasteiger partial charge in [-0.3, -0.25) is 0 Å². The van der Waals surface area contributed by atoms with Crippen molar-refractivity contribution in [1.29, 1.82) is 0 Å². The van der Waals surface area contributed by atoms with Crippen molar-refractivity contribution >= 4 is 0 Å². The lowest BCUT2D eigenvalue weighted by Gasteiger charge is -2.26. The van der Waals surface area contributed by atoms with Crippen molar-refractivity contribution in [2.24, 2.45) is 5.73 Å². The van der Waals surface area contributed by atoms with Gasteiger partial charge in [-0.05, 0) is 42.2 Å². The Morgan fingerprint density at radius 2 is 1.74 bits per heavy atom. The van der Waals surface area contributed by atoms with E-state index in [4.69, 9.17) is 10.5 Å². The van der Waals surface area contributed by atoms with Crippen molar-refractivity contribution in [3.05, 3.63) is 65.2 Å². The van der Waals surface area contributed by atoms with E-state index in [-0.39, 0.29) is 0 Å². The van der Waals surface area contributed by atoms with Crippen molar-refractivity contribution in [2.75, 3.05) is 7.11 Å². The smallest absolute Gasteiger partial charge is 0.119 e. The fraction of sp³-hybridized carbons (Fsp3) is 0.294. The second-order valence-electron chi connectivity index (χ2n) is 4.98. The van der Waals surface area contributed by atoms with Gasteiger partial charge in [0.25, 0.3) is 0 Å². The molecule has 2 N–H and O–H groups in total. The van der Waals surface area contributed by atoms with E-state index in [1.54, 1.807) is 7.11 Å². The highest BCUT2D eigenvalue weighted by Crippen LogP contribution is 2.29. The first-order chi connectivity index (χ1) is 9.07. The lowest BCUT2D eigenvalue weighted by atomic mass is 9.85. The molecule has 1 atom stereocenters. The molecule has 1 unspecified atom stereocenters. The lowest BCUT2D eigenvalue weighted by molar-refractivity contribution is 0.413. The molecule has 2 aromatic rings. The molecule has 19 heavy (non-hydrogen) atoms. The SMILES string of the molecule is CCc1ccc(C(C)(N)c2cccc(OC)c2)cc1. The van der Waals surface area contributed by atoms with Crippen LogP contribution in [0.2, 0.25) is 0 Å². The molecule has 2 aromatic carbocycles. The monoisotopic (exact) mass is 255 g/mol. The molecule has 0 saturated carbocycles. The molecule has 2 heteroatoms. The topological polar surface area (TPSA) is 35.2 Å². The molecule has 100 valence electrons. The van der Waals surface area contributed by atoms with Crippen LogP contribution < -0.4 is 10.5 Å². The lowest BCUT2D eigenvalue weighted by Crippen LogP contribution is -2.34. The highest BCUT2D eigenvalue weighted by Gasteiger charge is 2.23. The van der Waals surface area contributed by atoms with Crippen LogP contribution in [-0.2, 0) is 12.0 Å². The highest BCUT2D eigenvalue weighted by atomic mass is 16.5. The summed E-state index contributed by atoms with van der Waals surface area (Å²) in [7, 11) is 1.67. The normalized spacial score (nSPS) is 13.9. The van der Waals surface area contributed by atoms with Gasteiger partial charge >= 0.3 is 0 Å². The van der Waals surface area contributed by atoms with Gasteiger partial charge in [-0.25, -0.2) is 0 Å². The second kappa shape index (κ2) is 5.45. The fourth-order valence-corrected chi connectivity index (χ4v) is 2.20. The number of nitrogens with two attached hydrogens (primary N) is 1. The summed E-state index contributed by atoms with van der Waals surface area (Å²) in [5.74, 6) is 0.833. The fourth-order valence-electron chi connectivity index (χ4n) is 2.20. The van der Waals surface area contributed by atoms with Gasteiger partial charge in [0.05, 0.1) is 12.6 Å². The Morgan fingerprint density at radius 1 is 1.05 bits per heavy atom. The molecule has 0 heterocycles. The zero-order valence-corrected chi connectivity index (χ0v) is 11.8. The third-order valence-electron chi connectivity index (χ3n) is 3.63. The molecule has 0 aliphatic carbocycles. The molecule has 0 amide bonds. The third-order valence-corrected chi connectivity index (χ3v) is 3.63. The Hall–Kier alpha value is -1.80. The molecule has 2 nitrogen and oxygen atoms in total. The second-order valence-corrected chi connectivity index (χ2v) is 4.98. The van der Waals surface area contributed by atoms with E-state index in [2.05, 4.69) is 31.2 Å². The molecular weight excluding hydrogens is 234 g/mol.